The van der Waals surface area contributed by atoms with Gasteiger partial charge in [0, 0.05) is 50.4 Å². The summed E-state index contributed by atoms with van der Waals surface area (Å²) in [5.41, 5.74) is 1.78. The number of hydrogen-bond acceptors (Lipinski definition) is 7. The first-order chi connectivity index (χ1) is 16.0. The fourth-order valence-corrected chi connectivity index (χ4v) is 4.48. The van der Waals surface area contributed by atoms with Gasteiger partial charge in [-0.2, -0.15) is 10.1 Å². The molecule has 2 aliphatic rings. The third-order valence-electron chi connectivity index (χ3n) is 6.38. The first-order valence-corrected chi connectivity index (χ1v) is 11.5. The Bertz CT molecular complexity index is 1160. The summed E-state index contributed by atoms with van der Waals surface area (Å²) in [5, 5.41) is 9.98. The number of H-pyrrole nitrogens is 1. The monoisotopic (exact) mass is 455 g/mol. The van der Waals surface area contributed by atoms with Crippen molar-refractivity contribution in [2.75, 3.05) is 41.3 Å². The minimum absolute atomic E-state index is 0.129. The lowest BCUT2D eigenvalue weighted by atomic mass is 10.1. The van der Waals surface area contributed by atoms with E-state index in [0.717, 1.165) is 37.3 Å². The molecule has 1 aromatic carbocycles. The van der Waals surface area contributed by atoms with Crippen LogP contribution < -0.4 is 20.7 Å². The Balaban J connectivity index is 1.42. The Morgan fingerprint density at radius 2 is 1.61 bits per heavy atom. The molecule has 0 amide bonds. The van der Waals surface area contributed by atoms with E-state index in [1.165, 1.54) is 12.8 Å². The van der Waals surface area contributed by atoms with Crippen LogP contribution >= 0.6 is 0 Å². The summed E-state index contributed by atoms with van der Waals surface area (Å²) in [6, 6.07) is 7.54. The molecule has 8 nitrogen and oxygen atoms in total. The summed E-state index contributed by atoms with van der Waals surface area (Å²) < 4.78 is 26.9. The molecule has 5 rings (SSSR count). The molecule has 2 saturated heterocycles. The molecule has 0 aliphatic carbocycles. The van der Waals surface area contributed by atoms with E-state index in [9.17, 15) is 13.6 Å². The van der Waals surface area contributed by atoms with Crippen molar-refractivity contribution < 1.29 is 8.78 Å². The van der Waals surface area contributed by atoms with Crippen LogP contribution in [0.5, 0.6) is 0 Å². The zero-order valence-electron chi connectivity index (χ0n) is 18.4. The van der Waals surface area contributed by atoms with Gasteiger partial charge < -0.3 is 15.1 Å². The Kier molecular flexibility index (Phi) is 5.82. The summed E-state index contributed by atoms with van der Waals surface area (Å²) in [7, 11) is 0. The minimum Gasteiger partial charge on any atom is -0.371 e. The second-order valence-corrected chi connectivity index (χ2v) is 8.75. The topological polar surface area (TPSA) is 90.0 Å². The van der Waals surface area contributed by atoms with E-state index in [4.69, 9.17) is 4.98 Å². The molecule has 0 bridgehead atoms. The van der Waals surface area contributed by atoms with Gasteiger partial charge in [0.2, 0.25) is 5.95 Å². The SMILES string of the molecule is O=c1[nH]ncc2nc(N3CCCCCC3)nc(Nc3ccc(N4CCC(F)(F)CC4)cc3)c12. The molecule has 10 heteroatoms. The Morgan fingerprint density at radius 1 is 0.909 bits per heavy atom. The molecule has 0 spiro atoms. The quantitative estimate of drug-likeness (QED) is 0.613. The van der Waals surface area contributed by atoms with Crippen molar-refractivity contribution in [2.24, 2.45) is 0 Å². The van der Waals surface area contributed by atoms with Crippen LogP contribution in [0, 0.1) is 0 Å². The van der Waals surface area contributed by atoms with Gasteiger partial charge in [0.25, 0.3) is 11.5 Å². The molecule has 0 unspecified atom stereocenters. The van der Waals surface area contributed by atoms with Gasteiger partial charge >= 0.3 is 0 Å². The van der Waals surface area contributed by atoms with Crippen molar-refractivity contribution in [1.82, 2.24) is 20.2 Å². The van der Waals surface area contributed by atoms with Crippen LogP contribution in [0.15, 0.2) is 35.3 Å². The lowest BCUT2D eigenvalue weighted by Gasteiger charge is -2.33. The van der Waals surface area contributed by atoms with Crippen LogP contribution in [-0.2, 0) is 0 Å². The average molecular weight is 456 g/mol. The van der Waals surface area contributed by atoms with Crippen molar-refractivity contribution in [1.29, 1.82) is 0 Å². The second-order valence-electron chi connectivity index (χ2n) is 8.75. The number of nitrogens with one attached hydrogen (secondary N) is 2. The number of rotatable bonds is 4. The summed E-state index contributed by atoms with van der Waals surface area (Å²) in [5.74, 6) is -1.56. The van der Waals surface area contributed by atoms with Crippen molar-refractivity contribution in [3.05, 3.63) is 40.8 Å². The molecule has 2 fully saturated rings. The summed E-state index contributed by atoms with van der Waals surface area (Å²) >= 11 is 0. The second kappa shape index (κ2) is 8.92. The van der Waals surface area contributed by atoms with Crippen LogP contribution in [0.3, 0.4) is 0 Å². The molecule has 33 heavy (non-hydrogen) atoms. The maximum Gasteiger partial charge on any atom is 0.277 e. The third kappa shape index (κ3) is 4.74. The minimum atomic E-state index is -2.57. The molecule has 3 aromatic rings. The highest BCUT2D eigenvalue weighted by Gasteiger charge is 2.34. The van der Waals surface area contributed by atoms with E-state index in [1.54, 1.807) is 6.20 Å². The summed E-state index contributed by atoms with van der Waals surface area (Å²) in [6.45, 7) is 2.42. The smallest absolute Gasteiger partial charge is 0.277 e. The number of aromatic nitrogens is 4. The molecule has 0 radical (unpaired) electrons. The summed E-state index contributed by atoms with van der Waals surface area (Å²) in [4.78, 5) is 26.0. The average Bonchev–Trinajstić information content (AvgIpc) is 3.09. The van der Waals surface area contributed by atoms with Crippen LogP contribution in [0.4, 0.5) is 31.9 Å². The predicted octanol–water partition coefficient (Wildman–Crippen LogP) is 4.07. The maximum absolute atomic E-state index is 13.5. The molecule has 0 saturated carbocycles. The molecule has 174 valence electrons. The lowest BCUT2D eigenvalue weighted by molar-refractivity contribution is -0.0220. The van der Waals surface area contributed by atoms with Crippen LogP contribution in [-0.4, -0.2) is 52.3 Å². The fourth-order valence-electron chi connectivity index (χ4n) is 4.48. The molecule has 2 aliphatic heterocycles. The number of aromatic amines is 1. The first-order valence-electron chi connectivity index (χ1n) is 11.5. The number of benzene rings is 1. The highest BCUT2D eigenvalue weighted by atomic mass is 19.3. The van der Waals surface area contributed by atoms with E-state index >= 15 is 0 Å². The molecule has 2 N–H and O–H groups in total. The van der Waals surface area contributed by atoms with Gasteiger partial charge in [-0.3, -0.25) is 4.79 Å². The zero-order valence-corrected chi connectivity index (χ0v) is 18.4. The van der Waals surface area contributed by atoms with Gasteiger partial charge in [0.1, 0.15) is 16.7 Å². The van der Waals surface area contributed by atoms with Gasteiger partial charge in [-0.1, -0.05) is 12.8 Å². The van der Waals surface area contributed by atoms with E-state index < -0.39 is 5.92 Å². The third-order valence-corrected chi connectivity index (χ3v) is 6.38. The highest BCUT2D eigenvalue weighted by Crippen LogP contribution is 2.31. The largest absolute Gasteiger partial charge is 0.371 e. The van der Waals surface area contributed by atoms with Gasteiger partial charge in [0.05, 0.1) is 6.20 Å². The number of piperidine rings is 1. The fraction of sp³-hybridized carbons (Fsp3) is 0.478. The van der Waals surface area contributed by atoms with E-state index in [-0.39, 0.29) is 18.4 Å². The van der Waals surface area contributed by atoms with Crippen molar-refractivity contribution >= 4 is 34.0 Å². The van der Waals surface area contributed by atoms with Crippen molar-refractivity contribution in [3.63, 3.8) is 0 Å². The number of hydrogen-bond donors (Lipinski definition) is 2. The van der Waals surface area contributed by atoms with Gasteiger partial charge in [-0.05, 0) is 37.1 Å². The van der Waals surface area contributed by atoms with Gasteiger partial charge in [-0.25, -0.2) is 18.9 Å². The maximum atomic E-state index is 13.5. The van der Waals surface area contributed by atoms with Gasteiger partial charge in [0.15, 0.2) is 0 Å². The summed E-state index contributed by atoms with van der Waals surface area (Å²) in [6.07, 6.45) is 5.84. The Labute approximate surface area is 190 Å². The number of anilines is 4. The molecule has 4 heterocycles. The van der Waals surface area contributed by atoms with Gasteiger partial charge in [-0.15, -0.1) is 0 Å². The van der Waals surface area contributed by atoms with E-state index in [1.807, 2.05) is 29.2 Å². The molecular weight excluding hydrogens is 428 g/mol. The zero-order chi connectivity index (χ0) is 22.8. The molecule has 0 atom stereocenters. The highest BCUT2D eigenvalue weighted by molar-refractivity contribution is 5.90. The standard InChI is InChI=1S/C23H27F2N7O/c24-23(25)9-13-31(14-10-23)17-7-5-16(6-8-17)27-20-19-18(15-26-30-21(19)33)28-22(29-20)32-11-3-1-2-4-12-32/h5-8,15H,1-4,9-14H2,(H,30,33)(H,27,28,29). The van der Waals surface area contributed by atoms with Crippen LogP contribution in [0.2, 0.25) is 0 Å². The molecule has 2 aromatic heterocycles. The Hall–Kier alpha value is -3.30. The first kappa shape index (κ1) is 21.5. The number of halogens is 2. The van der Waals surface area contributed by atoms with Crippen molar-refractivity contribution in [2.45, 2.75) is 44.4 Å². The predicted molar refractivity (Wildman–Crippen MR) is 125 cm³/mol. The number of fused-ring (bicyclic) bond motifs is 1. The van der Waals surface area contributed by atoms with E-state index in [2.05, 4.69) is 25.4 Å². The van der Waals surface area contributed by atoms with E-state index in [0.29, 0.717) is 35.8 Å². The van der Waals surface area contributed by atoms with Crippen LogP contribution in [0.1, 0.15) is 38.5 Å². The normalized spacial score (nSPS) is 18.8. The number of alkyl halides is 2. The molecular formula is C23H27F2N7O. The lowest BCUT2D eigenvalue weighted by Crippen LogP contribution is -2.39. The van der Waals surface area contributed by atoms with Crippen molar-refractivity contribution in [3.8, 4) is 0 Å². The number of nitrogens with zero attached hydrogens (tertiary/aromatic N) is 5. The van der Waals surface area contributed by atoms with Crippen LogP contribution in [0.25, 0.3) is 10.9 Å². The Morgan fingerprint density at radius 3 is 2.30 bits per heavy atom.